The second-order valence-corrected chi connectivity index (χ2v) is 7.71. The van der Waals surface area contributed by atoms with Gasteiger partial charge in [-0.05, 0) is 35.7 Å². The third-order valence-electron chi connectivity index (χ3n) is 5.37. The molecule has 0 saturated carbocycles. The van der Waals surface area contributed by atoms with E-state index in [1.165, 1.54) is 5.56 Å². The van der Waals surface area contributed by atoms with Gasteiger partial charge in [-0.1, -0.05) is 31.1 Å². The molecule has 0 aliphatic carbocycles. The predicted molar refractivity (Wildman–Crippen MR) is 113 cm³/mol. The Bertz CT molecular complexity index is 1040. The molecule has 0 N–H and O–H groups in total. The summed E-state index contributed by atoms with van der Waals surface area (Å²) in [5.74, 6) is 2.50. The van der Waals surface area contributed by atoms with Gasteiger partial charge >= 0.3 is 0 Å². The molecule has 30 heavy (non-hydrogen) atoms. The number of benzene rings is 2. The number of aromatic nitrogens is 2. The molecule has 1 fully saturated rings. The molecular weight excluding hydrogens is 382 g/mol. The summed E-state index contributed by atoms with van der Waals surface area (Å²) in [6.07, 6.45) is 0.342. The zero-order valence-electron chi connectivity index (χ0n) is 17.6. The Hall–Kier alpha value is -3.35. The van der Waals surface area contributed by atoms with Gasteiger partial charge in [0.15, 0.2) is 0 Å². The van der Waals surface area contributed by atoms with Crippen LogP contribution in [0.4, 0.5) is 5.69 Å². The van der Waals surface area contributed by atoms with Gasteiger partial charge in [0.25, 0.3) is 0 Å². The first-order valence-corrected chi connectivity index (χ1v) is 9.96. The van der Waals surface area contributed by atoms with E-state index in [0.717, 1.165) is 11.3 Å². The molecule has 1 aliphatic rings. The quantitative estimate of drug-likeness (QED) is 0.603. The molecule has 3 aromatic rings. The first kappa shape index (κ1) is 19.9. The molecule has 2 aromatic carbocycles. The van der Waals surface area contributed by atoms with Crippen molar-refractivity contribution in [2.45, 2.75) is 32.1 Å². The number of carbonyl (C=O) groups is 1. The topological polar surface area (TPSA) is 77.7 Å². The molecule has 1 saturated heterocycles. The van der Waals surface area contributed by atoms with Crippen LogP contribution in [0, 0.1) is 0 Å². The number of methoxy groups -OCH3 is 2. The average Bonchev–Trinajstić information content (AvgIpc) is 3.40. The number of rotatable bonds is 6. The summed E-state index contributed by atoms with van der Waals surface area (Å²) in [7, 11) is 3.18. The first-order chi connectivity index (χ1) is 14.5. The highest BCUT2D eigenvalue weighted by atomic mass is 16.5. The van der Waals surface area contributed by atoms with Crippen LogP contribution >= 0.6 is 0 Å². The first-order valence-electron chi connectivity index (χ1n) is 9.96. The number of anilines is 1. The van der Waals surface area contributed by atoms with E-state index in [0.29, 0.717) is 42.1 Å². The van der Waals surface area contributed by atoms with Crippen LogP contribution in [-0.4, -0.2) is 36.8 Å². The summed E-state index contributed by atoms with van der Waals surface area (Å²) in [5, 5.41) is 4.11. The third-order valence-corrected chi connectivity index (χ3v) is 5.37. The Labute approximate surface area is 175 Å². The number of hydrogen-bond acceptors (Lipinski definition) is 6. The molecular formula is C23H25N3O4. The van der Waals surface area contributed by atoms with E-state index in [1.54, 1.807) is 25.2 Å². The van der Waals surface area contributed by atoms with Crippen LogP contribution in [0.25, 0.3) is 11.4 Å². The molecule has 156 valence electrons. The molecule has 1 atom stereocenters. The molecule has 7 heteroatoms. The van der Waals surface area contributed by atoms with Gasteiger partial charge < -0.3 is 18.9 Å². The van der Waals surface area contributed by atoms with E-state index in [4.69, 9.17) is 14.0 Å². The maximum absolute atomic E-state index is 12.7. The normalized spacial score (nSPS) is 16.4. The van der Waals surface area contributed by atoms with Crippen molar-refractivity contribution in [2.75, 3.05) is 25.7 Å². The van der Waals surface area contributed by atoms with Crippen LogP contribution in [0.15, 0.2) is 47.0 Å². The molecule has 1 amide bonds. The van der Waals surface area contributed by atoms with Crippen molar-refractivity contribution >= 4 is 11.6 Å². The number of amides is 1. The Morgan fingerprint density at radius 3 is 2.50 bits per heavy atom. The Morgan fingerprint density at radius 1 is 1.10 bits per heavy atom. The van der Waals surface area contributed by atoms with Gasteiger partial charge in [-0.3, -0.25) is 4.79 Å². The smallest absolute Gasteiger partial charge is 0.232 e. The van der Waals surface area contributed by atoms with E-state index >= 15 is 0 Å². The second-order valence-electron chi connectivity index (χ2n) is 7.71. The van der Waals surface area contributed by atoms with Crippen molar-refractivity contribution in [3.63, 3.8) is 0 Å². The highest BCUT2D eigenvalue weighted by Crippen LogP contribution is 2.34. The van der Waals surface area contributed by atoms with Crippen molar-refractivity contribution in [1.82, 2.24) is 10.1 Å². The van der Waals surface area contributed by atoms with E-state index in [-0.39, 0.29) is 11.8 Å². The van der Waals surface area contributed by atoms with Crippen LogP contribution in [0.1, 0.15) is 43.6 Å². The fourth-order valence-electron chi connectivity index (χ4n) is 3.63. The summed E-state index contributed by atoms with van der Waals surface area (Å²) in [6.45, 7) is 4.80. The molecule has 4 rings (SSSR count). The Kier molecular flexibility index (Phi) is 5.44. The third kappa shape index (κ3) is 3.87. The minimum atomic E-state index is -0.144. The van der Waals surface area contributed by atoms with Crippen LogP contribution in [0.2, 0.25) is 0 Å². The van der Waals surface area contributed by atoms with E-state index in [9.17, 15) is 4.79 Å². The zero-order valence-corrected chi connectivity index (χ0v) is 17.6. The van der Waals surface area contributed by atoms with Crippen molar-refractivity contribution in [1.29, 1.82) is 0 Å². The fourth-order valence-corrected chi connectivity index (χ4v) is 3.63. The maximum atomic E-state index is 12.7. The predicted octanol–water partition coefficient (Wildman–Crippen LogP) is 4.40. The van der Waals surface area contributed by atoms with E-state index < -0.39 is 0 Å². The summed E-state index contributed by atoms with van der Waals surface area (Å²) >= 11 is 0. The highest BCUT2D eigenvalue weighted by Gasteiger charge is 2.35. The zero-order chi connectivity index (χ0) is 21.3. The SMILES string of the molecule is COc1cc(OC)cc(-c2noc(C3CC(=O)N(c4cccc(C(C)C)c4)C3)n2)c1. The lowest BCUT2D eigenvalue weighted by Crippen LogP contribution is -2.24. The van der Waals surface area contributed by atoms with Gasteiger partial charge in [-0.2, -0.15) is 4.98 Å². The van der Waals surface area contributed by atoms with Gasteiger partial charge in [0, 0.05) is 30.3 Å². The number of nitrogens with zero attached hydrogens (tertiary/aromatic N) is 3. The summed E-state index contributed by atoms with van der Waals surface area (Å²) in [5.41, 5.74) is 2.84. The average molecular weight is 407 g/mol. The van der Waals surface area contributed by atoms with Gasteiger partial charge in [0.1, 0.15) is 11.5 Å². The summed E-state index contributed by atoms with van der Waals surface area (Å²) in [6, 6.07) is 13.5. The van der Waals surface area contributed by atoms with Crippen molar-refractivity contribution in [2.24, 2.45) is 0 Å². The lowest BCUT2D eigenvalue weighted by Gasteiger charge is -2.18. The number of ether oxygens (including phenoxy) is 2. The largest absolute Gasteiger partial charge is 0.497 e. The maximum Gasteiger partial charge on any atom is 0.232 e. The molecule has 1 unspecified atom stereocenters. The molecule has 7 nitrogen and oxygen atoms in total. The van der Waals surface area contributed by atoms with Crippen LogP contribution in [0.3, 0.4) is 0 Å². The van der Waals surface area contributed by atoms with Crippen molar-refractivity contribution < 1.29 is 18.8 Å². The van der Waals surface area contributed by atoms with Gasteiger partial charge in [0.2, 0.25) is 17.6 Å². The highest BCUT2D eigenvalue weighted by molar-refractivity contribution is 5.96. The van der Waals surface area contributed by atoms with Gasteiger partial charge in [-0.15, -0.1) is 0 Å². The molecule has 1 aliphatic heterocycles. The van der Waals surface area contributed by atoms with Crippen LogP contribution in [-0.2, 0) is 4.79 Å². The van der Waals surface area contributed by atoms with Gasteiger partial charge in [0.05, 0.1) is 20.1 Å². The van der Waals surface area contributed by atoms with Crippen LogP contribution in [0.5, 0.6) is 11.5 Å². The Balaban J connectivity index is 1.56. The molecule has 2 heterocycles. The van der Waals surface area contributed by atoms with Gasteiger partial charge in [-0.25, -0.2) is 0 Å². The molecule has 1 aromatic heterocycles. The standard InChI is InChI=1S/C23H25N3O4/c1-14(2)15-6-5-7-18(8-15)26-13-17(11-21(26)27)23-24-22(25-30-23)16-9-19(28-3)12-20(10-16)29-4/h5-10,12,14,17H,11,13H2,1-4H3. The minimum Gasteiger partial charge on any atom is -0.497 e. The molecule has 0 bridgehead atoms. The monoisotopic (exact) mass is 407 g/mol. The number of carbonyl (C=O) groups excluding carboxylic acids is 1. The van der Waals surface area contributed by atoms with E-state index in [2.05, 4.69) is 36.1 Å². The molecule has 0 radical (unpaired) electrons. The van der Waals surface area contributed by atoms with Crippen molar-refractivity contribution in [3.05, 3.63) is 53.9 Å². The fraction of sp³-hybridized carbons (Fsp3) is 0.348. The van der Waals surface area contributed by atoms with Crippen molar-refractivity contribution in [3.8, 4) is 22.9 Å². The Morgan fingerprint density at radius 2 is 1.83 bits per heavy atom. The second kappa shape index (κ2) is 8.18. The van der Waals surface area contributed by atoms with Crippen LogP contribution < -0.4 is 14.4 Å². The minimum absolute atomic E-state index is 0.0590. The summed E-state index contributed by atoms with van der Waals surface area (Å²) in [4.78, 5) is 19.0. The molecule has 0 spiro atoms. The lowest BCUT2D eigenvalue weighted by molar-refractivity contribution is -0.117. The lowest BCUT2D eigenvalue weighted by atomic mass is 10.0. The summed E-state index contributed by atoms with van der Waals surface area (Å²) < 4.78 is 16.1. The van der Waals surface area contributed by atoms with E-state index in [1.807, 2.05) is 24.3 Å². The number of hydrogen-bond donors (Lipinski definition) is 0.